The molecule has 1 aliphatic carbocycles. The van der Waals surface area contributed by atoms with Crippen molar-refractivity contribution >= 4 is 5.97 Å². The zero-order valence-electron chi connectivity index (χ0n) is 11.0. The fourth-order valence-corrected chi connectivity index (χ4v) is 2.45. The molecule has 1 aliphatic heterocycles. The molecule has 0 aromatic carbocycles. The molecule has 98 valence electrons. The van der Waals surface area contributed by atoms with Gasteiger partial charge in [-0.3, -0.25) is 0 Å². The van der Waals surface area contributed by atoms with Crippen LogP contribution in [0.15, 0.2) is 35.5 Å². The SMILES string of the molecule is C=C1C(=O)O[C@H]2/C=C(\C)[C@@H](O)CC/C(C)=C/C[C@H]12. The van der Waals surface area contributed by atoms with Gasteiger partial charge in [-0.2, -0.15) is 0 Å². The molecule has 0 bridgehead atoms. The Morgan fingerprint density at radius 2 is 2.17 bits per heavy atom. The molecule has 0 aromatic heterocycles. The standard InChI is InChI=1S/C15H20O3/c1-9-4-6-12-11(3)15(17)18-14(12)8-10(2)13(16)7-5-9/h4,8,12-14,16H,3,5-7H2,1-2H3/b9-4+,10-8+/t12-,13+,14+/m1/s1. The van der Waals surface area contributed by atoms with Gasteiger partial charge in [-0.25, -0.2) is 4.79 Å². The lowest BCUT2D eigenvalue weighted by molar-refractivity contribution is -0.137. The second kappa shape index (κ2) is 5.11. The van der Waals surface area contributed by atoms with Crippen LogP contribution in [0.3, 0.4) is 0 Å². The monoisotopic (exact) mass is 248 g/mol. The van der Waals surface area contributed by atoms with Crippen molar-refractivity contribution in [2.24, 2.45) is 5.92 Å². The van der Waals surface area contributed by atoms with Gasteiger partial charge in [0.2, 0.25) is 0 Å². The van der Waals surface area contributed by atoms with Crippen LogP contribution in [0.25, 0.3) is 0 Å². The fourth-order valence-electron chi connectivity index (χ4n) is 2.45. The summed E-state index contributed by atoms with van der Waals surface area (Å²) < 4.78 is 5.31. The molecule has 3 atom stereocenters. The van der Waals surface area contributed by atoms with Crippen molar-refractivity contribution in [2.75, 3.05) is 0 Å². The number of fused-ring (bicyclic) bond motifs is 1. The summed E-state index contributed by atoms with van der Waals surface area (Å²) in [6.45, 7) is 7.76. The minimum atomic E-state index is -0.459. The van der Waals surface area contributed by atoms with Gasteiger partial charge in [0.25, 0.3) is 0 Å². The summed E-state index contributed by atoms with van der Waals surface area (Å²) in [6.07, 6.45) is 5.65. The number of esters is 1. The second-order valence-electron chi connectivity index (χ2n) is 5.25. The van der Waals surface area contributed by atoms with Crippen molar-refractivity contribution in [2.45, 2.75) is 45.3 Å². The number of aliphatic hydroxyl groups excluding tert-OH is 1. The number of hydrogen-bond acceptors (Lipinski definition) is 3. The van der Waals surface area contributed by atoms with Gasteiger partial charge in [-0.15, -0.1) is 0 Å². The highest BCUT2D eigenvalue weighted by molar-refractivity contribution is 5.91. The average molecular weight is 248 g/mol. The van der Waals surface area contributed by atoms with E-state index in [1.165, 1.54) is 5.57 Å². The van der Waals surface area contributed by atoms with E-state index in [-0.39, 0.29) is 18.0 Å². The molecule has 0 saturated carbocycles. The fraction of sp³-hybridized carbons (Fsp3) is 0.533. The summed E-state index contributed by atoms with van der Waals surface area (Å²) in [5.74, 6) is -0.304. The summed E-state index contributed by atoms with van der Waals surface area (Å²) in [6, 6.07) is 0. The van der Waals surface area contributed by atoms with E-state index < -0.39 is 6.10 Å². The summed E-state index contributed by atoms with van der Waals surface area (Å²) in [5, 5.41) is 10.0. The van der Waals surface area contributed by atoms with Gasteiger partial charge in [0.05, 0.1) is 6.10 Å². The predicted molar refractivity (Wildman–Crippen MR) is 69.9 cm³/mol. The van der Waals surface area contributed by atoms with E-state index >= 15 is 0 Å². The third-order valence-electron chi connectivity index (χ3n) is 3.83. The highest BCUT2D eigenvalue weighted by Crippen LogP contribution is 2.33. The lowest BCUT2D eigenvalue weighted by atomic mass is 9.89. The molecule has 0 radical (unpaired) electrons. The first-order valence-electron chi connectivity index (χ1n) is 6.41. The molecule has 0 amide bonds. The highest BCUT2D eigenvalue weighted by Gasteiger charge is 2.37. The van der Waals surface area contributed by atoms with Gasteiger partial charge in [0.15, 0.2) is 0 Å². The quantitative estimate of drug-likeness (QED) is 0.407. The predicted octanol–water partition coefficient (Wildman–Crippen LogP) is 2.52. The van der Waals surface area contributed by atoms with Crippen molar-refractivity contribution in [3.8, 4) is 0 Å². The zero-order chi connectivity index (χ0) is 13.3. The molecule has 2 aliphatic rings. The zero-order valence-corrected chi connectivity index (χ0v) is 11.0. The molecule has 1 fully saturated rings. The number of carbonyl (C=O) groups excluding carboxylic acids is 1. The average Bonchev–Trinajstić information content (AvgIpc) is 2.59. The first-order valence-corrected chi connectivity index (χ1v) is 6.41. The van der Waals surface area contributed by atoms with E-state index in [4.69, 9.17) is 4.74 Å². The van der Waals surface area contributed by atoms with Crippen LogP contribution in [0.4, 0.5) is 0 Å². The molecular weight excluding hydrogens is 228 g/mol. The number of aliphatic hydroxyl groups is 1. The van der Waals surface area contributed by atoms with Gasteiger partial charge in [-0.1, -0.05) is 18.2 Å². The van der Waals surface area contributed by atoms with Crippen LogP contribution >= 0.6 is 0 Å². The van der Waals surface area contributed by atoms with E-state index in [2.05, 4.69) is 19.6 Å². The molecule has 1 N–H and O–H groups in total. The van der Waals surface area contributed by atoms with Gasteiger partial charge in [-0.05, 0) is 44.8 Å². The Kier molecular flexibility index (Phi) is 3.71. The maximum absolute atomic E-state index is 11.6. The summed E-state index contributed by atoms with van der Waals surface area (Å²) in [5.41, 5.74) is 2.67. The highest BCUT2D eigenvalue weighted by atomic mass is 16.5. The van der Waals surface area contributed by atoms with E-state index in [0.717, 1.165) is 24.8 Å². The normalized spacial score (nSPS) is 39.2. The Hall–Kier alpha value is -1.35. The van der Waals surface area contributed by atoms with Crippen molar-refractivity contribution in [3.63, 3.8) is 0 Å². The summed E-state index contributed by atoms with van der Waals surface area (Å²) >= 11 is 0. The van der Waals surface area contributed by atoms with Gasteiger partial charge >= 0.3 is 5.97 Å². The van der Waals surface area contributed by atoms with Crippen LogP contribution in [0.5, 0.6) is 0 Å². The molecular formula is C15H20O3. The lowest BCUT2D eigenvalue weighted by Crippen LogP contribution is -2.18. The number of hydrogen-bond donors (Lipinski definition) is 1. The van der Waals surface area contributed by atoms with Crippen LogP contribution < -0.4 is 0 Å². The van der Waals surface area contributed by atoms with Crippen molar-refractivity contribution in [3.05, 3.63) is 35.5 Å². The Morgan fingerprint density at radius 3 is 2.89 bits per heavy atom. The molecule has 0 spiro atoms. The van der Waals surface area contributed by atoms with Crippen LogP contribution in [-0.4, -0.2) is 23.3 Å². The first kappa shape index (κ1) is 13.1. The largest absolute Gasteiger partial charge is 0.454 e. The number of allylic oxidation sites excluding steroid dienone is 2. The molecule has 2 rings (SSSR count). The number of rotatable bonds is 0. The van der Waals surface area contributed by atoms with Crippen molar-refractivity contribution < 1.29 is 14.6 Å². The minimum Gasteiger partial charge on any atom is -0.454 e. The van der Waals surface area contributed by atoms with Crippen LogP contribution in [0.1, 0.15) is 33.1 Å². The lowest BCUT2D eigenvalue weighted by Gasteiger charge is -2.19. The first-order chi connectivity index (χ1) is 8.49. The van der Waals surface area contributed by atoms with Crippen molar-refractivity contribution in [1.82, 2.24) is 0 Å². The van der Waals surface area contributed by atoms with E-state index in [0.29, 0.717) is 5.57 Å². The molecule has 0 aromatic rings. The smallest absolute Gasteiger partial charge is 0.334 e. The Bertz CT molecular complexity index is 431. The topological polar surface area (TPSA) is 46.5 Å². The molecule has 18 heavy (non-hydrogen) atoms. The van der Waals surface area contributed by atoms with Gasteiger partial charge in [0.1, 0.15) is 6.10 Å². The van der Waals surface area contributed by atoms with E-state index in [1.807, 2.05) is 13.0 Å². The minimum absolute atomic E-state index is 0.00713. The van der Waals surface area contributed by atoms with E-state index in [1.54, 1.807) is 0 Å². The van der Waals surface area contributed by atoms with Crippen LogP contribution in [0.2, 0.25) is 0 Å². The van der Waals surface area contributed by atoms with E-state index in [9.17, 15) is 9.90 Å². The van der Waals surface area contributed by atoms with Gasteiger partial charge < -0.3 is 9.84 Å². The second-order valence-corrected chi connectivity index (χ2v) is 5.25. The van der Waals surface area contributed by atoms with Gasteiger partial charge in [0, 0.05) is 11.5 Å². The molecule has 1 heterocycles. The maximum atomic E-state index is 11.6. The summed E-state index contributed by atoms with van der Waals surface area (Å²) in [7, 11) is 0. The maximum Gasteiger partial charge on any atom is 0.334 e. The Labute approximate surface area is 108 Å². The Morgan fingerprint density at radius 1 is 1.44 bits per heavy atom. The summed E-state index contributed by atoms with van der Waals surface area (Å²) in [4.78, 5) is 11.6. The third-order valence-corrected chi connectivity index (χ3v) is 3.83. The molecule has 0 unspecified atom stereocenters. The number of carbonyl (C=O) groups is 1. The Balaban J connectivity index is 2.31. The van der Waals surface area contributed by atoms with Crippen LogP contribution in [-0.2, 0) is 9.53 Å². The third kappa shape index (κ3) is 2.56. The molecule has 3 nitrogen and oxygen atoms in total. The molecule has 3 heteroatoms. The number of ether oxygens (including phenoxy) is 1. The molecule has 1 saturated heterocycles. The van der Waals surface area contributed by atoms with Crippen molar-refractivity contribution in [1.29, 1.82) is 0 Å². The van der Waals surface area contributed by atoms with Crippen LogP contribution in [0, 0.1) is 5.92 Å².